The molecule has 4 N–H and O–H groups in total. The number of carbonyl (C=O) groups is 2. The van der Waals surface area contributed by atoms with Crippen LogP contribution in [-0.2, 0) is 9.53 Å². The van der Waals surface area contributed by atoms with E-state index in [-0.39, 0.29) is 11.9 Å². The van der Waals surface area contributed by atoms with Crippen LogP contribution >= 0.6 is 15.9 Å². The van der Waals surface area contributed by atoms with Gasteiger partial charge in [0.1, 0.15) is 11.6 Å². The van der Waals surface area contributed by atoms with E-state index >= 15 is 0 Å². The van der Waals surface area contributed by atoms with Gasteiger partial charge in [-0.2, -0.15) is 0 Å². The van der Waals surface area contributed by atoms with E-state index in [0.717, 1.165) is 22.3 Å². The van der Waals surface area contributed by atoms with Crippen molar-refractivity contribution >= 4 is 44.9 Å². The minimum atomic E-state index is -0.575. The van der Waals surface area contributed by atoms with Crippen molar-refractivity contribution in [2.24, 2.45) is 0 Å². The molecule has 166 valence electrons. The van der Waals surface area contributed by atoms with Crippen LogP contribution in [0.3, 0.4) is 0 Å². The minimum absolute atomic E-state index is 0.297. The second-order valence-electron chi connectivity index (χ2n) is 8.63. The summed E-state index contributed by atoms with van der Waals surface area (Å²) in [4.78, 5) is 27.7. The van der Waals surface area contributed by atoms with Gasteiger partial charge < -0.3 is 26.0 Å². The number of hydrogen-bond donors (Lipinski definition) is 3. The van der Waals surface area contributed by atoms with Crippen LogP contribution in [0.1, 0.15) is 36.7 Å². The number of anilines is 3. The van der Waals surface area contributed by atoms with Crippen LogP contribution in [0.15, 0.2) is 40.9 Å². The van der Waals surface area contributed by atoms with Gasteiger partial charge >= 0.3 is 5.97 Å². The first kappa shape index (κ1) is 23.1. The summed E-state index contributed by atoms with van der Waals surface area (Å²) in [6.07, 6.45) is 0. The quantitative estimate of drug-likeness (QED) is 0.448. The van der Waals surface area contributed by atoms with Crippen molar-refractivity contribution in [3.8, 4) is 0 Å². The average Bonchev–Trinajstić information content (AvgIpc) is 2.69. The van der Waals surface area contributed by atoms with Crippen molar-refractivity contribution < 1.29 is 14.3 Å². The Bertz CT molecular complexity index is 987. The van der Waals surface area contributed by atoms with E-state index in [4.69, 9.17) is 10.5 Å². The Morgan fingerprint density at radius 2 is 1.97 bits per heavy atom. The van der Waals surface area contributed by atoms with Crippen molar-refractivity contribution in [3.05, 3.63) is 52.0 Å². The van der Waals surface area contributed by atoms with Crippen LogP contribution in [-0.4, -0.2) is 43.2 Å². The van der Waals surface area contributed by atoms with Crippen LogP contribution in [0.25, 0.3) is 0 Å². The first-order chi connectivity index (χ1) is 14.5. The molecule has 0 bridgehead atoms. The number of halogens is 1. The fraction of sp³-hybridized carbons (Fsp3) is 0.391. The summed E-state index contributed by atoms with van der Waals surface area (Å²) in [6.45, 7) is 9.28. The number of piperazine rings is 1. The lowest BCUT2D eigenvalue weighted by atomic mass is 10.1. The standard InChI is InChI=1S/C23H29BrN4O3/c1-14-11-15(24)5-8-19(14)27-21(29)17-12-16(6-7-18(17)25)28-10-9-26-13-20(28)22(30)31-23(2,3)4/h5-8,11-12,20,26H,9-10,13,25H2,1-4H3,(H,27,29). The fourth-order valence-electron chi connectivity index (χ4n) is 3.47. The van der Waals surface area contributed by atoms with Crippen molar-refractivity contribution in [2.45, 2.75) is 39.3 Å². The molecule has 1 saturated heterocycles. The van der Waals surface area contributed by atoms with Gasteiger partial charge in [-0.1, -0.05) is 15.9 Å². The van der Waals surface area contributed by atoms with Crippen LogP contribution in [0.5, 0.6) is 0 Å². The number of rotatable bonds is 4. The van der Waals surface area contributed by atoms with Gasteiger partial charge in [-0.05, 0) is 69.7 Å². The van der Waals surface area contributed by atoms with Gasteiger partial charge in [-0.25, -0.2) is 4.79 Å². The third kappa shape index (κ3) is 5.77. The Labute approximate surface area is 191 Å². The molecule has 2 aromatic carbocycles. The third-order valence-electron chi connectivity index (χ3n) is 4.97. The average molecular weight is 489 g/mol. The summed E-state index contributed by atoms with van der Waals surface area (Å²) in [7, 11) is 0. The molecule has 8 heteroatoms. The summed E-state index contributed by atoms with van der Waals surface area (Å²) in [5.74, 6) is -0.596. The maximum absolute atomic E-state index is 13.0. The lowest BCUT2D eigenvalue weighted by Crippen LogP contribution is -2.56. The molecular weight excluding hydrogens is 460 g/mol. The predicted molar refractivity (Wildman–Crippen MR) is 128 cm³/mol. The summed E-state index contributed by atoms with van der Waals surface area (Å²) in [5.41, 5.74) is 8.69. The van der Waals surface area contributed by atoms with Crippen molar-refractivity contribution in [3.63, 3.8) is 0 Å². The fourth-order valence-corrected chi connectivity index (χ4v) is 3.95. The summed E-state index contributed by atoms with van der Waals surface area (Å²) in [6, 6.07) is 10.4. The van der Waals surface area contributed by atoms with Gasteiger partial charge in [0.15, 0.2) is 0 Å². The van der Waals surface area contributed by atoms with Crippen LogP contribution in [0.4, 0.5) is 17.1 Å². The van der Waals surface area contributed by atoms with E-state index in [2.05, 4.69) is 26.6 Å². The highest BCUT2D eigenvalue weighted by molar-refractivity contribution is 9.10. The number of esters is 1. The minimum Gasteiger partial charge on any atom is -0.458 e. The molecular formula is C23H29BrN4O3. The van der Waals surface area contributed by atoms with E-state index in [1.165, 1.54) is 0 Å². The molecule has 0 spiro atoms. The topological polar surface area (TPSA) is 96.7 Å². The number of amides is 1. The summed E-state index contributed by atoms with van der Waals surface area (Å²) < 4.78 is 6.54. The number of benzene rings is 2. The Morgan fingerprint density at radius 3 is 2.65 bits per heavy atom. The number of ether oxygens (including phenoxy) is 1. The number of nitrogens with zero attached hydrogens (tertiary/aromatic N) is 1. The third-order valence-corrected chi connectivity index (χ3v) is 5.47. The molecule has 3 rings (SSSR count). The molecule has 1 aliphatic heterocycles. The van der Waals surface area contributed by atoms with Crippen molar-refractivity contribution in [1.29, 1.82) is 0 Å². The highest BCUT2D eigenvalue weighted by Crippen LogP contribution is 2.27. The number of hydrogen-bond acceptors (Lipinski definition) is 6. The first-order valence-electron chi connectivity index (χ1n) is 10.2. The molecule has 0 aliphatic carbocycles. The normalized spacial score (nSPS) is 16.7. The van der Waals surface area contributed by atoms with Gasteiger partial charge in [0.2, 0.25) is 0 Å². The SMILES string of the molecule is Cc1cc(Br)ccc1NC(=O)c1cc(N2CCNCC2C(=O)OC(C)(C)C)ccc1N. The van der Waals surface area contributed by atoms with E-state index in [0.29, 0.717) is 30.0 Å². The molecule has 31 heavy (non-hydrogen) atoms. The van der Waals surface area contributed by atoms with Gasteiger partial charge in [-0.15, -0.1) is 0 Å². The number of carbonyl (C=O) groups excluding carboxylic acids is 2. The molecule has 1 unspecified atom stereocenters. The number of nitrogen functional groups attached to an aromatic ring is 1. The smallest absolute Gasteiger partial charge is 0.330 e. The van der Waals surface area contributed by atoms with Crippen molar-refractivity contribution in [1.82, 2.24) is 5.32 Å². The molecule has 1 atom stereocenters. The maximum Gasteiger partial charge on any atom is 0.330 e. The van der Waals surface area contributed by atoms with E-state index in [9.17, 15) is 9.59 Å². The molecule has 1 fully saturated rings. The number of nitrogens with one attached hydrogen (secondary N) is 2. The lowest BCUT2D eigenvalue weighted by Gasteiger charge is -2.37. The zero-order valence-electron chi connectivity index (χ0n) is 18.3. The van der Waals surface area contributed by atoms with Gasteiger partial charge in [0, 0.05) is 41.2 Å². The molecule has 1 heterocycles. The largest absolute Gasteiger partial charge is 0.458 e. The Kier molecular flexibility index (Phi) is 6.91. The van der Waals surface area contributed by atoms with E-state index in [1.807, 2.05) is 56.9 Å². The Hall–Kier alpha value is -2.58. The summed E-state index contributed by atoms with van der Waals surface area (Å²) in [5, 5.41) is 6.17. The highest BCUT2D eigenvalue weighted by Gasteiger charge is 2.33. The maximum atomic E-state index is 13.0. The van der Waals surface area contributed by atoms with Gasteiger partial charge in [0.05, 0.1) is 5.56 Å². The molecule has 7 nitrogen and oxygen atoms in total. The molecule has 0 radical (unpaired) electrons. The second kappa shape index (κ2) is 9.28. The molecule has 0 aromatic heterocycles. The molecule has 1 amide bonds. The van der Waals surface area contributed by atoms with Crippen LogP contribution in [0, 0.1) is 6.92 Å². The van der Waals surface area contributed by atoms with E-state index < -0.39 is 11.6 Å². The van der Waals surface area contributed by atoms with Crippen LogP contribution < -0.4 is 21.3 Å². The number of aryl methyl sites for hydroxylation is 1. The lowest BCUT2D eigenvalue weighted by molar-refractivity contribution is -0.156. The zero-order chi connectivity index (χ0) is 22.8. The monoisotopic (exact) mass is 488 g/mol. The second-order valence-corrected chi connectivity index (χ2v) is 9.55. The summed E-state index contributed by atoms with van der Waals surface area (Å²) >= 11 is 3.43. The Morgan fingerprint density at radius 1 is 1.23 bits per heavy atom. The van der Waals surface area contributed by atoms with E-state index in [1.54, 1.807) is 12.1 Å². The highest BCUT2D eigenvalue weighted by atomic mass is 79.9. The Balaban J connectivity index is 1.86. The van der Waals surface area contributed by atoms with Crippen LogP contribution in [0.2, 0.25) is 0 Å². The first-order valence-corrected chi connectivity index (χ1v) is 11.0. The zero-order valence-corrected chi connectivity index (χ0v) is 19.9. The van der Waals surface area contributed by atoms with Crippen molar-refractivity contribution in [2.75, 3.05) is 35.6 Å². The molecule has 1 aliphatic rings. The molecule has 2 aromatic rings. The molecule has 0 saturated carbocycles. The van der Waals surface area contributed by atoms with Gasteiger partial charge in [-0.3, -0.25) is 4.79 Å². The van der Waals surface area contributed by atoms with Gasteiger partial charge in [0.25, 0.3) is 5.91 Å². The predicted octanol–water partition coefficient (Wildman–Crippen LogP) is 3.71. The number of nitrogens with two attached hydrogens (primary N) is 1.